The molecule has 4 nitrogen and oxygen atoms in total. The van der Waals surface area contributed by atoms with Crippen LogP contribution in [-0.4, -0.2) is 29.6 Å². The first kappa shape index (κ1) is 14.3. The topological polar surface area (TPSA) is 51.2 Å². The molecule has 1 fully saturated rings. The van der Waals surface area contributed by atoms with Crippen molar-refractivity contribution in [1.29, 1.82) is 0 Å². The van der Waals surface area contributed by atoms with Gasteiger partial charge in [0.25, 0.3) is 5.91 Å². The number of aromatic nitrogens is 1. The van der Waals surface area contributed by atoms with Gasteiger partial charge in [0.2, 0.25) is 0 Å². The number of carbonyl (C=O) groups is 1. The molecular formula is C14H19ClN2O2. The second kappa shape index (κ2) is 6.35. The van der Waals surface area contributed by atoms with Gasteiger partial charge in [-0.1, -0.05) is 18.5 Å². The number of hydrogen-bond acceptors (Lipinski definition) is 3. The number of rotatable bonds is 3. The van der Waals surface area contributed by atoms with E-state index in [2.05, 4.69) is 10.3 Å². The largest absolute Gasteiger partial charge is 0.378 e. The summed E-state index contributed by atoms with van der Waals surface area (Å²) in [5, 5.41) is 3.40. The molecule has 1 aliphatic rings. The zero-order chi connectivity index (χ0) is 13.8. The van der Waals surface area contributed by atoms with Crippen LogP contribution in [0.2, 0.25) is 5.15 Å². The molecular weight excluding hydrogens is 264 g/mol. The Balaban J connectivity index is 2.05. The Hall–Kier alpha value is -1.13. The molecule has 1 aromatic rings. The Bertz CT molecular complexity index is 465. The summed E-state index contributed by atoms with van der Waals surface area (Å²) in [6.07, 6.45) is 2.67. The number of nitrogens with one attached hydrogen (secondary N) is 1. The second-order valence-electron chi connectivity index (χ2n) is 4.90. The van der Waals surface area contributed by atoms with E-state index in [4.69, 9.17) is 16.3 Å². The Kier molecular flexibility index (Phi) is 4.77. The minimum Gasteiger partial charge on any atom is -0.378 e. The molecule has 5 heteroatoms. The monoisotopic (exact) mass is 282 g/mol. The highest BCUT2D eigenvalue weighted by molar-refractivity contribution is 6.29. The van der Waals surface area contributed by atoms with Crippen LogP contribution in [0.4, 0.5) is 0 Å². The van der Waals surface area contributed by atoms with Gasteiger partial charge < -0.3 is 10.1 Å². The van der Waals surface area contributed by atoms with Gasteiger partial charge in [0.15, 0.2) is 0 Å². The molecule has 1 aromatic heterocycles. The first-order valence-electron chi connectivity index (χ1n) is 6.67. The highest BCUT2D eigenvalue weighted by Crippen LogP contribution is 2.15. The van der Waals surface area contributed by atoms with E-state index in [0.29, 0.717) is 17.3 Å². The fraction of sp³-hybridized carbons (Fsp3) is 0.571. The van der Waals surface area contributed by atoms with Gasteiger partial charge in [-0.05, 0) is 38.3 Å². The molecule has 2 unspecified atom stereocenters. The molecule has 2 rings (SSSR count). The standard InChI is InChI=1S/C14H19ClN2O2/c1-3-11-7-10(8-13(15)16-11)14(18)17-12-4-5-19-9(2)6-12/h7-9,12H,3-6H2,1-2H3,(H,17,18). The number of aryl methyl sites for hydroxylation is 1. The number of nitrogens with zero attached hydrogens (tertiary/aromatic N) is 1. The highest BCUT2D eigenvalue weighted by atomic mass is 35.5. The van der Waals surface area contributed by atoms with E-state index in [1.165, 1.54) is 0 Å². The normalized spacial score (nSPS) is 23.1. The molecule has 104 valence electrons. The van der Waals surface area contributed by atoms with Crippen LogP contribution in [0.3, 0.4) is 0 Å². The first-order valence-corrected chi connectivity index (χ1v) is 7.05. The summed E-state index contributed by atoms with van der Waals surface area (Å²) in [6.45, 7) is 4.71. The Labute approximate surface area is 118 Å². The lowest BCUT2D eigenvalue weighted by molar-refractivity contribution is 0.0136. The second-order valence-corrected chi connectivity index (χ2v) is 5.29. The van der Waals surface area contributed by atoms with Crippen molar-refractivity contribution in [3.05, 3.63) is 28.5 Å². The molecule has 1 aliphatic heterocycles. The maximum atomic E-state index is 12.2. The Morgan fingerprint density at radius 3 is 3.05 bits per heavy atom. The predicted octanol–water partition coefficient (Wildman–Crippen LogP) is 2.59. The van der Waals surface area contributed by atoms with Crippen LogP contribution in [0, 0.1) is 0 Å². The lowest BCUT2D eigenvalue weighted by Crippen LogP contribution is -2.41. The SMILES string of the molecule is CCc1cc(C(=O)NC2CCOC(C)C2)cc(Cl)n1. The van der Waals surface area contributed by atoms with Crippen molar-refractivity contribution in [3.63, 3.8) is 0 Å². The number of halogens is 1. The van der Waals surface area contributed by atoms with Crippen molar-refractivity contribution in [2.45, 2.75) is 45.3 Å². The molecule has 1 N–H and O–H groups in total. The molecule has 2 atom stereocenters. The van der Waals surface area contributed by atoms with E-state index in [0.717, 1.165) is 25.0 Å². The Morgan fingerprint density at radius 2 is 2.37 bits per heavy atom. The lowest BCUT2D eigenvalue weighted by Gasteiger charge is -2.28. The summed E-state index contributed by atoms with van der Waals surface area (Å²) in [4.78, 5) is 16.4. The van der Waals surface area contributed by atoms with E-state index < -0.39 is 0 Å². The molecule has 0 spiro atoms. The third kappa shape index (κ3) is 3.91. The van der Waals surface area contributed by atoms with E-state index in [1.807, 2.05) is 13.8 Å². The molecule has 0 aliphatic carbocycles. The van der Waals surface area contributed by atoms with Crippen molar-refractivity contribution < 1.29 is 9.53 Å². The maximum Gasteiger partial charge on any atom is 0.251 e. The van der Waals surface area contributed by atoms with Gasteiger partial charge in [0, 0.05) is 23.9 Å². The van der Waals surface area contributed by atoms with Crippen molar-refractivity contribution >= 4 is 17.5 Å². The van der Waals surface area contributed by atoms with E-state index in [9.17, 15) is 4.79 Å². The van der Waals surface area contributed by atoms with Crippen LogP contribution in [-0.2, 0) is 11.2 Å². The molecule has 0 radical (unpaired) electrons. The van der Waals surface area contributed by atoms with E-state index in [-0.39, 0.29) is 18.1 Å². The quantitative estimate of drug-likeness (QED) is 0.867. The number of carbonyl (C=O) groups excluding carboxylic acids is 1. The van der Waals surface area contributed by atoms with Crippen LogP contribution in [0.25, 0.3) is 0 Å². The van der Waals surface area contributed by atoms with Crippen molar-refractivity contribution in [2.75, 3.05) is 6.61 Å². The van der Waals surface area contributed by atoms with Gasteiger partial charge in [-0.25, -0.2) is 4.98 Å². The zero-order valence-corrected chi connectivity index (χ0v) is 12.0. The number of ether oxygens (including phenoxy) is 1. The van der Waals surface area contributed by atoms with Gasteiger partial charge in [-0.3, -0.25) is 4.79 Å². The van der Waals surface area contributed by atoms with Gasteiger partial charge in [0.1, 0.15) is 5.15 Å². The summed E-state index contributed by atoms with van der Waals surface area (Å²) in [6, 6.07) is 3.58. The molecule has 0 bridgehead atoms. The third-order valence-electron chi connectivity index (χ3n) is 3.29. The summed E-state index contributed by atoms with van der Waals surface area (Å²) >= 11 is 5.93. The van der Waals surface area contributed by atoms with Crippen LogP contribution >= 0.6 is 11.6 Å². The first-order chi connectivity index (χ1) is 9.08. The van der Waals surface area contributed by atoms with Gasteiger partial charge in [-0.15, -0.1) is 0 Å². The smallest absolute Gasteiger partial charge is 0.251 e. The fourth-order valence-electron chi connectivity index (χ4n) is 2.26. The van der Waals surface area contributed by atoms with Crippen molar-refractivity contribution in [1.82, 2.24) is 10.3 Å². The number of pyridine rings is 1. The van der Waals surface area contributed by atoms with Crippen LogP contribution in [0.1, 0.15) is 42.7 Å². The van der Waals surface area contributed by atoms with Crippen molar-refractivity contribution in [3.8, 4) is 0 Å². The number of amides is 1. The van der Waals surface area contributed by atoms with Gasteiger partial charge >= 0.3 is 0 Å². The summed E-state index contributed by atoms with van der Waals surface area (Å²) in [7, 11) is 0. The molecule has 0 saturated carbocycles. The number of hydrogen-bond donors (Lipinski definition) is 1. The van der Waals surface area contributed by atoms with Gasteiger partial charge in [0.05, 0.1) is 6.10 Å². The average molecular weight is 283 g/mol. The van der Waals surface area contributed by atoms with Crippen LogP contribution in [0.5, 0.6) is 0 Å². The molecule has 19 heavy (non-hydrogen) atoms. The predicted molar refractivity (Wildman–Crippen MR) is 74.5 cm³/mol. The van der Waals surface area contributed by atoms with E-state index >= 15 is 0 Å². The summed E-state index contributed by atoms with van der Waals surface area (Å²) in [5.74, 6) is -0.0851. The van der Waals surface area contributed by atoms with Crippen LogP contribution in [0.15, 0.2) is 12.1 Å². The molecule has 0 aromatic carbocycles. The fourth-order valence-corrected chi connectivity index (χ4v) is 2.49. The average Bonchev–Trinajstić information content (AvgIpc) is 2.38. The van der Waals surface area contributed by atoms with Crippen molar-refractivity contribution in [2.24, 2.45) is 0 Å². The molecule has 2 heterocycles. The maximum absolute atomic E-state index is 12.2. The lowest BCUT2D eigenvalue weighted by atomic mass is 10.0. The summed E-state index contributed by atoms with van der Waals surface area (Å²) < 4.78 is 5.47. The van der Waals surface area contributed by atoms with E-state index in [1.54, 1.807) is 12.1 Å². The molecule has 1 saturated heterocycles. The minimum absolute atomic E-state index is 0.0851. The highest BCUT2D eigenvalue weighted by Gasteiger charge is 2.21. The zero-order valence-electron chi connectivity index (χ0n) is 11.3. The van der Waals surface area contributed by atoms with Crippen LogP contribution < -0.4 is 5.32 Å². The molecule has 1 amide bonds. The Morgan fingerprint density at radius 1 is 1.58 bits per heavy atom. The minimum atomic E-state index is -0.0851. The third-order valence-corrected chi connectivity index (χ3v) is 3.49. The van der Waals surface area contributed by atoms with Gasteiger partial charge in [-0.2, -0.15) is 0 Å². The summed E-state index contributed by atoms with van der Waals surface area (Å²) in [5.41, 5.74) is 1.41.